The van der Waals surface area contributed by atoms with Crippen molar-refractivity contribution >= 4 is 18.1 Å². The van der Waals surface area contributed by atoms with E-state index in [0.29, 0.717) is 11.1 Å². The van der Waals surface area contributed by atoms with Crippen LogP contribution < -0.4 is 0 Å². The fourth-order valence-corrected chi connectivity index (χ4v) is 2.03. The topological polar surface area (TPSA) is 54.5 Å². The van der Waals surface area contributed by atoms with E-state index < -0.39 is 5.54 Å². The number of hydrogen-bond donors (Lipinski definition) is 0. The van der Waals surface area contributed by atoms with Crippen molar-refractivity contribution in [3.63, 3.8) is 0 Å². The molecule has 4 heteroatoms. The molecule has 2 amide bonds. The zero-order valence-electron chi connectivity index (χ0n) is 9.77. The number of nitrogens with zero attached hydrogens (tertiary/aromatic N) is 1. The lowest BCUT2D eigenvalue weighted by atomic mass is 9.99. The first-order chi connectivity index (χ1) is 7.99. The molecule has 1 aliphatic heterocycles. The lowest BCUT2D eigenvalue weighted by Crippen LogP contribution is -2.47. The van der Waals surface area contributed by atoms with Crippen LogP contribution in [0.15, 0.2) is 24.3 Å². The number of carbonyl (C=O) groups is 3. The van der Waals surface area contributed by atoms with E-state index in [0.717, 1.165) is 6.29 Å². The number of imide groups is 1. The molecule has 0 unspecified atom stereocenters. The third kappa shape index (κ3) is 1.65. The Morgan fingerprint density at radius 2 is 1.59 bits per heavy atom. The predicted octanol–water partition coefficient (Wildman–Crippen LogP) is 1.65. The minimum atomic E-state index is -0.783. The molecule has 1 aliphatic rings. The standard InChI is InChI=1S/C13H13NO3/c1-13(2,7-8-15)14-11(16)9-5-3-4-6-10(9)12(14)17/h3-6,8H,7H2,1-2H3. The molecule has 0 bridgehead atoms. The normalized spacial score (nSPS) is 15.1. The zero-order chi connectivity index (χ0) is 12.6. The fraction of sp³-hybridized carbons (Fsp3) is 0.308. The summed E-state index contributed by atoms with van der Waals surface area (Å²) in [4.78, 5) is 36.0. The Kier molecular flexibility index (Phi) is 2.58. The summed E-state index contributed by atoms with van der Waals surface area (Å²) in [5.74, 6) is -0.644. The van der Waals surface area contributed by atoms with Gasteiger partial charge in [0, 0.05) is 6.42 Å². The molecule has 4 nitrogen and oxygen atoms in total. The van der Waals surface area contributed by atoms with Gasteiger partial charge in [0.05, 0.1) is 16.7 Å². The van der Waals surface area contributed by atoms with Crippen molar-refractivity contribution in [1.82, 2.24) is 4.90 Å². The van der Waals surface area contributed by atoms with Crippen LogP contribution in [0.2, 0.25) is 0 Å². The second-order valence-electron chi connectivity index (χ2n) is 4.67. The van der Waals surface area contributed by atoms with Gasteiger partial charge in [0.15, 0.2) is 0 Å². The van der Waals surface area contributed by atoms with E-state index >= 15 is 0 Å². The molecule has 0 spiro atoms. The van der Waals surface area contributed by atoms with Crippen LogP contribution in [0.3, 0.4) is 0 Å². The number of carbonyl (C=O) groups excluding carboxylic acids is 3. The lowest BCUT2D eigenvalue weighted by Gasteiger charge is -2.32. The minimum Gasteiger partial charge on any atom is -0.303 e. The van der Waals surface area contributed by atoms with Crippen LogP contribution in [0, 0.1) is 0 Å². The number of benzene rings is 1. The molecule has 88 valence electrons. The van der Waals surface area contributed by atoms with Gasteiger partial charge in [-0.2, -0.15) is 0 Å². The first-order valence-corrected chi connectivity index (χ1v) is 5.40. The summed E-state index contributed by atoms with van der Waals surface area (Å²) in [5, 5.41) is 0. The van der Waals surface area contributed by atoms with E-state index in [4.69, 9.17) is 0 Å². The van der Waals surface area contributed by atoms with E-state index in [-0.39, 0.29) is 18.2 Å². The molecular formula is C13H13NO3. The van der Waals surface area contributed by atoms with Crippen LogP contribution in [0.1, 0.15) is 41.0 Å². The smallest absolute Gasteiger partial charge is 0.262 e. The highest BCUT2D eigenvalue weighted by Crippen LogP contribution is 2.30. The average molecular weight is 231 g/mol. The molecule has 0 N–H and O–H groups in total. The summed E-state index contributed by atoms with van der Waals surface area (Å²) in [6, 6.07) is 6.71. The molecule has 1 aromatic rings. The van der Waals surface area contributed by atoms with Gasteiger partial charge >= 0.3 is 0 Å². The minimum absolute atomic E-state index is 0.137. The van der Waals surface area contributed by atoms with Crippen molar-refractivity contribution in [3.8, 4) is 0 Å². The molecule has 0 saturated carbocycles. The molecular weight excluding hydrogens is 218 g/mol. The predicted molar refractivity (Wildman–Crippen MR) is 61.7 cm³/mol. The van der Waals surface area contributed by atoms with Crippen LogP contribution in [-0.4, -0.2) is 28.5 Å². The summed E-state index contributed by atoms with van der Waals surface area (Å²) < 4.78 is 0. The van der Waals surface area contributed by atoms with Gasteiger partial charge in [-0.25, -0.2) is 0 Å². The van der Waals surface area contributed by atoms with Crippen molar-refractivity contribution < 1.29 is 14.4 Å². The monoisotopic (exact) mass is 231 g/mol. The Morgan fingerprint density at radius 3 is 2.00 bits per heavy atom. The molecule has 1 aromatic carbocycles. The Bertz CT molecular complexity index is 470. The maximum Gasteiger partial charge on any atom is 0.262 e. The Labute approximate surface area is 99.2 Å². The van der Waals surface area contributed by atoms with Crippen molar-refractivity contribution in [2.24, 2.45) is 0 Å². The van der Waals surface area contributed by atoms with Gasteiger partial charge in [-0.1, -0.05) is 12.1 Å². The van der Waals surface area contributed by atoms with E-state index in [2.05, 4.69) is 0 Å². The van der Waals surface area contributed by atoms with E-state index in [9.17, 15) is 14.4 Å². The third-order valence-electron chi connectivity index (χ3n) is 2.98. The molecule has 1 heterocycles. The number of hydrogen-bond acceptors (Lipinski definition) is 3. The van der Waals surface area contributed by atoms with Crippen LogP contribution in [0.4, 0.5) is 0 Å². The molecule has 0 fully saturated rings. The maximum atomic E-state index is 12.1. The maximum absolute atomic E-state index is 12.1. The number of amides is 2. The van der Waals surface area contributed by atoms with Crippen LogP contribution in [0.5, 0.6) is 0 Å². The Balaban J connectivity index is 2.46. The molecule has 0 aromatic heterocycles. The van der Waals surface area contributed by atoms with Crippen molar-refractivity contribution in [2.45, 2.75) is 25.8 Å². The van der Waals surface area contributed by atoms with Gasteiger partial charge in [0.2, 0.25) is 0 Å². The van der Waals surface area contributed by atoms with Crippen LogP contribution >= 0.6 is 0 Å². The van der Waals surface area contributed by atoms with Crippen molar-refractivity contribution in [3.05, 3.63) is 35.4 Å². The fourth-order valence-electron chi connectivity index (χ4n) is 2.03. The molecule has 0 saturated heterocycles. The van der Waals surface area contributed by atoms with Gasteiger partial charge in [0.1, 0.15) is 6.29 Å². The quantitative estimate of drug-likeness (QED) is 0.587. The highest BCUT2D eigenvalue weighted by atomic mass is 16.2. The zero-order valence-corrected chi connectivity index (χ0v) is 9.77. The average Bonchev–Trinajstić information content (AvgIpc) is 2.53. The SMILES string of the molecule is CC(C)(CC=O)N1C(=O)c2ccccc2C1=O. The van der Waals surface area contributed by atoms with Gasteiger partial charge in [-0.15, -0.1) is 0 Å². The second kappa shape index (κ2) is 3.80. The molecule has 0 radical (unpaired) electrons. The highest BCUT2D eigenvalue weighted by Gasteiger charge is 2.43. The number of rotatable bonds is 3. The lowest BCUT2D eigenvalue weighted by molar-refractivity contribution is -0.109. The van der Waals surface area contributed by atoms with Gasteiger partial charge < -0.3 is 4.79 Å². The van der Waals surface area contributed by atoms with Gasteiger partial charge in [0.25, 0.3) is 11.8 Å². The van der Waals surface area contributed by atoms with Gasteiger partial charge in [-0.05, 0) is 26.0 Å². The molecule has 17 heavy (non-hydrogen) atoms. The first kappa shape index (κ1) is 11.5. The first-order valence-electron chi connectivity index (χ1n) is 5.40. The molecule has 0 aliphatic carbocycles. The summed E-state index contributed by atoms with van der Waals surface area (Å²) in [5.41, 5.74) is 0.0440. The number of aldehydes is 1. The van der Waals surface area contributed by atoms with Crippen LogP contribution in [-0.2, 0) is 4.79 Å². The van der Waals surface area contributed by atoms with Crippen molar-refractivity contribution in [2.75, 3.05) is 0 Å². The van der Waals surface area contributed by atoms with Gasteiger partial charge in [-0.3, -0.25) is 14.5 Å². The molecule has 2 rings (SSSR count). The molecule has 0 atom stereocenters. The summed E-state index contributed by atoms with van der Waals surface area (Å²) >= 11 is 0. The Morgan fingerprint density at radius 1 is 1.12 bits per heavy atom. The van der Waals surface area contributed by atoms with E-state index in [1.807, 2.05) is 0 Å². The highest BCUT2D eigenvalue weighted by molar-refractivity contribution is 6.21. The summed E-state index contributed by atoms with van der Waals surface area (Å²) in [6.45, 7) is 3.42. The van der Waals surface area contributed by atoms with Crippen molar-refractivity contribution in [1.29, 1.82) is 0 Å². The largest absolute Gasteiger partial charge is 0.303 e. The van der Waals surface area contributed by atoms with Crippen LogP contribution in [0.25, 0.3) is 0 Å². The second-order valence-corrected chi connectivity index (χ2v) is 4.67. The van der Waals surface area contributed by atoms with E-state index in [1.54, 1.807) is 38.1 Å². The van der Waals surface area contributed by atoms with E-state index in [1.165, 1.54) is 4.90 Å². The summed E-state index contributed by atoms with van der Waals surface area (Å²) in [6.07, 6.45) is 0.863. The Hall–Kier alpha value is -1.97. The number of fused-ring (bicyclic) bond motifs is 1. The third-order valence-corrected chi connectivity index (χ3v) is 2.98. The summed E-state index contributed by atoms with van der Waals surface area (Å²) in [7, 11) is 0.